The van der Waals surface area contributed by atoms with E-state index in [1.807, 2.05) is 18.2 Å². The molecule has 0 aliphatic carbocycles. The Labute approximate surface area is 76.1 Å². The van der Waals surface area contributed by atoms with Crippen molar-refractivity contribution in [1.82, 2.24) is 4.98 Å². The Morgan fingerprint density at radius 1 is 1.77 bits per heavy atom. The van der Waals surface area contributed by atoms with Crippen molar-refractivity contribution in [3.05, 3.63) is 29.6 Å². The van der Waals surface area contributed by atoms with E-state index in [0.717, 1.165) is 5.69 Å². The third kappa shape index (κ3) is 2.83. The van der Waals surface area contributed by atoms with Crippen LogP contribution in [0.2, 0.25) is 0 Å². The Bertz CT molecular complexity index is 343. The van der Waals surface area contributed by atoms with Crippen molar-refractivity contribution in [3.8, 4) is 6.07 Å². The first-order valence-electron chi connectivity index (χ1n) is 3.68. The molecule has 1 rings (SSSR count). The average Bonchev–Trinajstić information content (AvgIpc) is 2.64. The third-order valence-electron chi connectivity index (χ3n) is 1.36. The Kier molecular flexibility index (Phi) is 3.33. The van der Waals surface area contributed by atoms with Crippen molar-refractivity contribution in [3.63, 3.8) is 0 Å². The third-order valence-corrected chi connectivity index (χ3v) is 1.36. The van der Waals surface area contributed by atoms with E-state index in [2.05, 4.69) is 15.0 Å². The number of nitrogens with zero attached hydrogens (tertiary/aromatic N) is 2. The summed E-state index contributed by atoms with van der Waals surface area (Å²) in [5.74, 6) is 0. The number of H-pyrrole nitrogens is 1. The van der Waals surface area contributed by atoms with Gasteiger partial charge >= 0.3 is 0 Å². The fourth-order valence-corrected chi connectivity index (χ4v) is 0.809. The molecular formula is C9H9N3O. The average molecular weight is 175 g/mol. The van der Waals surface area contributed by atoms with Gasteiger partial charge in [0, 0.05) is 11.9 Å². The summed E-state index contributed by atoms with van der Waals surface area (Å²) in [7, 11) is 1.43. The fraction of sp³-hybridized carbons (Fsp3) is 0.111. The number of rotatable bonds is 3. The van der Waals surface area contributed by atoms with Crippen molar-refractivity contribution >= 4 is 12.3 Å². The fourth-order valence-electron chi connectivity index (χ4n) is 0.809. The predicted molar refractivity (Wildman–Crippen MR) is 49.9 cm³/mol. The van der Waals surface area contributed by atoms with Crippen LogP contribution in [0.15, 0.2) is 29.1 Å². The molecule has 66 valence electrons. The molecule has 0 radical (unpaired) electrons. The van der Waals surface area contributed by atoms with Crippen molar-refractivity contribution in [2.75, 3.05) is 7.11 Å². The molecule has 0 atom stereocenters. The SMILES string of the molecule is CON=CC(C#N)=Cc1ccc[nH]1. The largest absolute Gasteiger partial charge is 0.399 e. The van der Waals surface area contributed by atoms with Crippen LogP contribution in [0.3, 0.4) is 0 Å². The summed E-state index contributed by atoms with van der Waals surface area (Å²) in [4.78, 5) is 7.41. The molecule has 13 heavy (non-hydrogen) atoms. The lowest BCUT2D eigenvalue weighted by atomic mass is 10.2. The van der Waals surface area contributed by atoms with Gasteiger partial charge in [-0.2, -0.15) is 5.26 Å². The lowest BCUT2D eigenvalue weighted by molar-refractivity contribution is 0.215. The monoisotopic (exact) mass is 175 g/mol. The van der Waals surface area contributed by atoms with Gasteiger partial charge in [0.2, 0.25) is 0 Å². The number of hydrogen-bond acceptors (Lipinski definition) is 3. The van der Waals surface area contributed by atoms with E-state index in [4.69, 9.17) is 5.26 Å². The second-order valence-electron chi connectivity index (χ2n) is 2.25. The first-order chi connectivity index (χ1) is 6.36. The maximum absolute atomic E-state index is 8.67. The van der Waals surface area contributed by atoms with Gasteiger partial charge in [-0.05, 0) is 18.2 Å². The number of nitriles is 1. The van der Waals surface area contributed by atoms with Crippen LogP contribution < -0.4 is 0 Å². The second kappa shape index (κ2) is 4.78. The van der Waals surface area contributed by atoms with Crippen LogP contribution in [0.1, 0.15) is 5.69 Å². The molecule has 0 aliphatic rings. The highest BCUT2D eigenvalue weighted by atomic mass is 16.6. The lowest BCUT2D eigenvalue weighted by Gasteiger charge is -1.87. The minimum Gasteiger partial charge on any atom is -0.399 e. The molecule has 0 saturated heterocycles. The number of hydrogen-bond donors (Lipinski definition) is 1. The number of aromatic nitrogens is 1. The van der Waals surface area contributed by atoms with E-state index in [1.165, 1.54) is 13.3 Å². The molecule has 0 fully saturated rings. The molecule has 0 amide bonds. The van der Waals surface area contributed by atoms with Gasteiger partial charge in [0.1, 0.15) is 13.2 Å². The predicted octanol–water partition coefficient (Wildman–Crippen LogP) is 1.55. The van der Waals surface area contributed by atoms with Gasteiger partial charge in [-0.25, -0.2) is 0 Å². The lowest BCUT2D eigenvalue weighted by Crippen LogP contribution is -1.82. The standard InChI is InChI=1S/C9H9N3O/c1-13-12-7-8(6-10)5-9-3-2-4-11-9/h2-5,7,11H,1H3. The van der Waals surface area contributed by atoms with Crippen molar-refractivity contribution in [2.45, 2.75) is 0 Å². The van der Waals surface area contributed by atoms with Crippen molar-refractivity contribution in [1.29, 1.82) is 5.26 Å². The normalized spacial score (nSPS) is 11.5. The van der Waals surface area contributed by atoms with Gasteiger partial charge in [-0.15, -0.1) is 0 Å². The van der Waals surface area contributed by atoms with Crippen LogP contribution in [-0.2, 0) is 4.84 Å². The van der Waals surface area contributed by atoms with Crippen LogP contribution in [0.4, 0.5) is 0 Å². The summed E-state index contributed by atoms with van der Waals surface area (Å²) in [5.41, 5.74) is 1.29. The molecule has 0 aromatic carbocycles. The minimum absolute atomic E-state index is 0.435. The topological polar surface area (TPSA) is 61.2 Å². The van der Waals surface area contributed by atoms with Gasteiger partial charge in [0.25, 0.3) is 0 Å². The van der Waals surface area contributed by atoms with E-state index < -0.39 is 0 Å². The van der Waals surface area contributed by atoms with Crippen LogP contribution in [0, 0.1) is 11.3 Å². The molecular weight excluding hydrogens is 166 g/mol. The maximum atomic E-state index is 8.67. The maximum Gasteiger partial charge on any atom is 0.106 e. The number of oxime groups is 1. The zero-order valence-corrected chi connectivity index (χ0v) is 7.19. The van der Waals surface area contributed by atoms with E-state index >= 15 is 0 Å². The highest BCUT2D eigenvalue weighted by Crippen LogP contribution is 2.01. The molecule has 0 saturated carbocycles. The Balaban J connectivity index is 2.79. The second-order valence-corrected chi connectivity index (χ2v) is 2.25. The smallest absolute Gasteiger partial charge is 0.106 e. The summed E-state index contributed by atoms with van der Waals surface area (Å²) < 4.78 is 0. The van der Waals surface area contributed by atoms with Crippen LogP contribution >= 0.6 is 0 Å². The van der Waals surface area contributed by atoms with E-state index in [0.29, 0.717) is 5.57 Å². The summed E-state index contributed by atoms with van der Waals surface area (Å²) in [6.45, 7) is 0. The minimum atomic E-state index is 0.435. The van der Waals surface area contributed by atoms with Gasteiger partial charge in [0.05, 0.1) is 11.8 Å². The number of nitrogens with one attached hydrogen (secondary N) is 1. The van der Waals surface area contributed by atoms with Gasteiger partial charge in [0.15, 0.2) is 0 Å². The summed E-state index contributed by atoms with van der Waals surface area (Å²) in [6.07, 6.45) is 4.83. The van der Waals surface area contributed by atoms with Crippen LogP contribution in [0.25, 0.3) is 6.08 Å². The summed E-state index contributed by atoms with van der Waals surface area (Å²) >= 11 is 0. The highest BCUT2D eigenvalue weighted by Gasteiger charge is 1.92. The zero-order chi connectivity index (χ0) is 9.52. The number of allylic oxidation sites excluding steroid dienone is 1. The molecule has 0 bridgehead atoms. The van der Waals surface area contributed by atoms with Crippen LogP contribution in [0.5, 0.6) is 0 Å². The molecule has 1 heterocycles. The zero-order valence-electron chi connectivity index (χ0n) is 7.19. The van der Waals surface area contributed by atoms with Gasteiger partial charge in [-0.1, -0.05) is 5.16 Å². The quantitative estimate of drug-likeness (QED) is 0.430. The molecule has 1 N–H and O–H groups in total. The molecule has 1 aromatic heterocycles. The Morgan fingerprint density at radius 3 is 3.15 bits per heavy atom. The first kappa shape index (κ1) is 9.07. The van der Waals surface area contributed by atoms with Crippen LogP contribution in [-0.4, -0.2) is 18.3 Å². The number of aromatic amines is 1. The molecule has 0 spiro atoms. The van der Waals surface area contributed by atoms with E-state index in [9.17, 15) is 0 Å². The van der Waals surface area contributed by atoms with E-state index in [-0.39, 0.29) is 0 Å². The molecule has 1 aromatic rings. The molecule has 4 heteroatoms. The Hall–Kier alpha value is -2.02. The molecule has 4 nitrogen and oxygen atoms in total. The Morgan fingerprint density at radius 2 is 2.62 bits per heavy atom. The van der Waals surface area contributed by atoms with Gasteiger partial charge < -0.3 is 9.82 Å². The van der Waals surface area contributed by atoms with Crippen molar-refractivity contribution in [2.24, 2.45) is 5.16 Å². The summed E-state index contributed by atoms with van der Waals surface area (Å²) in [5, 5.41) is 12.2. The molecule has 0 aliphatic heterocycles. The summed E-state index contributed by atoms with van der Waals surface area (Å²) in [6, 6.07) is 5.70. The van der Waals surface area contributed by atoms with E-state index in [1.54, 1.807) is 12.3 Å². The molecule has 0 unspecified atom stereocenters. The highest BCUT2D eigenvalue weighted by molar-refractivity contribution is 5.89. The first-order valence-corrected chi connectivity index (χ1v) is 3.68. The van der Waals surface area contributed by atoms with Gasteiger partial charge in [-0.3, -0.25) is 0 Å². The van der Waals surface area contributed by atoms with Crippen molar-refractivity contribution < 1.29 is 4.84 Å².